The van der Waals surface area contributed by atoms with Crippen LogP contribution in [0.5, 0.6) is 0 Å². The van der Waals surface area contributed by atoms with E-state index in [1.165, 1.54) is 24.0 Å². The zero-order chi connectivity index (χ0) is 17.1. The maximum Gasteiger partial charge on any atom is 0.156 e. The number of hydrogen-bond acceptors (Lipinski definition) is 2. The van der Waals surface area contributed by atoms with Gasteiger partial charge in [0.1, 0.15) is 0 Å². The molecule has 130 valence electrons. The molecular weight excluding hydrogens is 296 g/mol. The van der Waals surface area contributed by atoms with Gasteiger partial charge in [0, 0.05) is 6.42 Å². The van der Waals surface area contributed by atoms with E-state index in [9.17, 15) is 9.90 Å². The summed E-state index contributed by atoms with van der Waals surface area (Å²) in [6.45, 7) is 8.56. The number of aliphatic hydroxyl groups is 1. The van der Waals surface area contributed by atoms with Gasteiger partial charge in [0.05, 0.1) is 6.10 Å². The number of carbonyl (C=O) groups excluding carboxylic acids is 1. The van der Waals surface area contributed by atoms with Gasteiger partial charge in [-0.3, -0.25) is 4.79 Å². The van der Waals surface area contributed by atoms with Crippen molar-refractivity contribution in [2.45, 2.75) is 64.9 Å². The van der Waals surface area contributed by atoms with Gasteiger partial charge >= 0.3 is 0 Å². The van der Waals surface area contributed by atoms with Crippen molar-refractivity contribution in [3.8, 4) is 0 Å². The van der Waals surface area contributed by atoms with Gasteiger partial charge in [-0.15, -0.1) is 6.58 Å². The fourth-order valence-corrected chi connectivity index (χ4v) is 6.77. The Morgan fingerprint density at radius 1 is 1.29 bits per heavy atom. The Labute approximate surface area is 145 Å². The van der Waals surface area contributed by atoms with Crippen molar-refractivity contribution >= 4 is 5.78 Å². The van der Waals surface area contributed by atoms with Crippen LogP contribution in [0.1, 0.15) is 58.8 Å². The van der Waals surface area contributed by atoms with Crippen molar-refractivity contribution < 1.29 is 9.90 Å². The summed E-state index contributed by atoms with van der Waals surface area (Å²) in [5.74, 6) is 2.47. The molecule has 2 nitrogen and oxygen atoms in total. The fraction of sp³-hybridized carbons (Fsp3) is 0.682. The van der Waals surface area contributed by atoms with E-state index in [1.54, 1.807) is 5.57 Å². The van der Waals surface area contributed by atoms with Crippen LogP contribution < -0.4 is 0 Å². The quantitative estimate of drug-likeness (QED) is 0.753. The molecule has 0 amide bonds. The number of aliphatic hydroxyl groups excluding tert-OH is 1. The second kappa shape index (κ2) is 5.69. The van der Waals surface area contributed by atoms with E-state index < -0.39 is 0 Å². The third-order valence-electron chi connectivity index (χ3n) is 7.71. The number of fused-ring (bicyclic) bond motifs is 4. The molecule has 4 aliphatic carbocycles. The summed E-state index contributed by atoms with van der Waals surface area (Å²) in [5.41, 5.74) is 4.66. The van der Waals surface area contributed by atoms with Crippen molar-refractivity contribution in [1.29, 1.82) is 0 Å². The standard InChI is InChI=1S/C22H30O2/c1-4-14-12-22(3)19(13(2)23)9-10-20(22)18-7-5-15-11-16(24)6-8-17(15)21(14)18/h4,11,13-14,18-20,23H,1,5-10,12H2,2-3H3/t13-,14+,18+,19+,20-,22-/m1/s1. The van der Waals surface area contributed by atoms with Gasteiger partial charge in [-0.25, -0.2) is 0 Å². The van der Waals surface area contributed by atoms with E-state index in [1.807, 2.05) is 13.0 Å². The number of allylic oxidation sites excluding steroid dienone is 5. The molecule has 0 unspecified atom stereocenters. The molecule has 0 bridgehead atoms. The van der Waals surface area contributed by atoms with Crippen LogP contribution in [0, 0.1) is 29.1 Å². The number of hydrogen-bond donors (Lipinski definition) is 1. The lowest BCUT2D eigenvalue weighted by atomic mass is 9.52. The molecule has 6 atom stereocenters. The molecule has 4 rings (SSSR count). The largest absolute Gasteiger partial charge is 0.393 e. The highest BCUT2D eigenvalue weighted by Crippen LogP contribution is 2.64. The monoisotopic (exact) mass is 326 g/mol. The fourth-order valence-electron chi connectivity index (χ4n) is 6.77. The van der Waals surface area contributed by atoms with Gasteiger partial charge in [-0.05, 0) is 91.8 Å². The molecule has 0 aromatic heterocycles. The topological polar surface area (TPSA) is 37.3 Å². The van der Waals surface area contributed by atoms with Crippen LogP contribution >= 0.6 is 0 Å². The first-order chi connectivity index (χ1) is 11.5. The Bertz CT molecular complexity index is 638. The van der Waals surface area contributed by atoms with Crippen molar-refractivity contribution in [3.05, 3.63) is 35.5 Å². The molecule has 0 aromatic carbocycles. The summed E-state index contributed by atoms with van der Waals surface area (Å²) in [5, 5.41) is 10.3. The van der Waals surface area contributed by atoms with Crippen LogP contribution in [0.2, 0.25) is 0 Å². The first kappa shape index (κ1) is 16.3. The SMILES string of the molecule is C=C[C@H]1C[C@@]2(C)[C@H](CC[C@H]2[C@@H](C)O)[C@@H]2CCC3=CC(=O)CCC3=C21. The Morgan fingerprint density at radius 3 is 2.79 bits per heavy atom. The molecule has 0 aromatic rings. The smallest absolute Gasteiger partial charge is 0.156 e. The number of ketones is 1. The van der Waals surface area contributed by atoms with Gasteiger partial charge in [-0.2, -0.15) is 0 Å². The number of carbonyl (C=O) groups is 1. The third kappa shape index (κ3) is 2.22. The highest BCUT2D eigenvalue weighted by atomic mass is 16.3. The van der Waals surface area contributed by atoms with Gasteiger partial charge in [0.25, 0.3) is 0 Å². The van der Waals surface area contributed by atoms with Crippen LogP contribution in [-0.2, 0) is 4.79 Å². The lowest BCUT2D eigenvalue weighted by Crippen LogP contribution is -2.45. The molecule has 2 fully saturated rings. The molecule has 0 saturated heterocycles. The summed E-state index contributed by atoms with van der Waals surface area (Å²) in [6.07, 6.45) is 11.2. The van der Waals surface area contributed by atoms with E-state index in [0.29, 0.717) is 35.9 Å². The molecule has 1 N–H and O–H groups in total. The predicted octanol–water partition coefficient (Wildman–Crippen LogP) is 4.60. The number of rotatable bonds is 2. The van der Waals surface area contributed by atoms with Crippen LogP contribution in [0.3, 0.4) is 0 Å². The predicted molar refractivity (Wildman–Crippen MR) is 96.4 cm³/mol. The third-order valence-corrected chi connectivity index (χ3v) is 7.71. The minimum absolute atomic E-state index is 0.217. The van der Waals surface area contributed by atoms with E-state index in [-0.39, 0.29) is 11.5 Å². The normalized spacial score (nSPS) is 42.8. The van der Waals surface area contributed by atoms with Crippen LogP contribution in [0.4, 0.5) is 0 Å². The van der Waals surface area contributed by atoms with Crippen LogP contribution in [0.25, 0.3) is 0 Å². The van der Waals surface area contributed by atoms with Gasteiger partial charge < -0.3 is 5.11 Å². The van der Waals surface area contributed by atoms with E-state index >= 15 is 0 Å². The van der Waals surface area contributed by atoms with Crippen LogP contribution in [-0.4, -0.2) is 17.0 Å². The van der Waals surface area contributed by atoms with Gasteiger partial charge in [0.2, 0.25) is 0 Å². The van der Waals surface area contributed by atoms with Crippen molar-refractivity contribution in [3.63, 3.8) is 0 Å². The molecule has 0 radical (unpaired) electrons. The van der Waals surface area contributed by atoms with E-state index in [4.69, 9.17) is 0 Å². The molecule has 0 spiro atoms. The Morgan fingerprint density at radius 2 is 2.08 bits per heavy atom. The van der Waals surface area contributed by atoms with Crippen molar-refractivity contribution in [1.82, 2.24) is 0 Å². The highest BCUT2D eigenvalue weighted by Gasteiger charge is 2.56. The van der Waals surface area contributed by atoms with Crippen molar-refractivity contribution in [2.24, 2.45) is 29.1 Å². The van der Waals surface area contributed by atoms with E-state index in [0.717, 1.165) is 25.7 Å². The molecule has 0 heterocycles. The average molecular weight is 326 g/mol. The Balaban J connectivity index is 1.79. The molecule has 0 aliphatic heterocycles. The van der Waals surface area contributed by atoms with Crippen molar-refractivity contribution in [2.75, 3.05) is 0 Å². The molecular formula is C22H30O2. The molecule has 24 heavy (non-hydrogen) atoms. The maximum absolute atomic E-state index is 11.8. The Hall–Kier alpha value is -1.15. The first-order valence-corrected chi connectivity index (χ1v) is 9.73. The average Bonchev–Trinajstić information content (AvgIpc) is 2.90. The summed E-state index contributed by atoms with van der Waals surface area (Å²) in [7, 11) is 0. The summed E-state index contributed by atoms with van der Waals surface area (Å²) >= 11 is 0. The second-order valence-electron chi connectivity index (χ2n) is 8.80. The molecule has 2 heteroatoms. The maximum atomic E-state index is 11.8. The zero-order valence-electron chi connectivity index (χ0n) is 15.1. The minimum Gasteiger partial charge on any atom is -0.393 e. The van der Waals surface area contributed by atoms with Gasteiger partial charge in [0.15, 0.2) is 5.78 Å². The summed E-state index contributed by atoms with van der Waals surface area (Å²) < 4.78 is 0. The Kier molecular flexibility index (Phi) is 3.87. The second-order valence-corrected chi connectivity index (χ2v) is 8.80. The van der Waals surface area contributed by atoms with Gasteiger partial charge in [-0.1, -0.05) is 18.6 Å². The molecule has 4 aliphatic rings. The minimum atomic E-state index is -0.217. The molecule has 2 saturated carbocycles. The zero-order valence-corrected chi connectivity index (χ0v) is 15.1. The lowest BCUT2D eigenvalue weighted by Gasteiger charge is -2.52. The summed E-state index contributed by atoms with van der Waals surface area (Å²) in [6, 6.07) is 0. The lowest BCUT2D eigenvalue weighted by molar-refractivity contribution is -0.114. The van der Waals surface area contributed by atoms with E-state index in [2.05, 4.69) is 19.6 Å². The first-order valence-electron chi connectivity index (χ1n) is 9.73. The highest BCUT2D eigenvalue weighted by molar-refractivity contribution is 5.93. The summed E-state index contributed by atoms with van der Waals surface area (Å²) in [4.78, 5) is 11.8. The van der Waals surface area contributed by atoms with Crippen LogP contribution in [0.15, 0.2) is 35.5 Å².